The molecule has 3 aromatic rings. The molecule has 1 atom stereocenters. The zero-order chi connectivity index (χ0) is 19.9. The summed E-state index contributed by atoms with van der Waals surface area (Å²) in [5.41, 5.74) is 2.74. The fraction of sp³-hybridized carbons (Fsp3) is 0.318. The Hall–Kier alpha value is -3.15. The second kappa shape index (κ2) is 9.17. The Kier molecular flexibility index (Phi) is 6.42. The molecule has 6 nitrogen and oxygen atoms in total. The molecule has 0 aliphatic rings. The normalized spacial score (nSPS) is 11.9. The van der Waals surface area contributed by atoms with Crippen molar-refractivity contribution >= 4 is 22.8 Å². The second-order valence-corrected chi connectivity index (χ2v) is 6.83. The van der Waals surface area contributed by atoms with Crippen molar-refractivity contribution in [1.82, 2.24) is 20.2 Å². The lowest BCUT2D eigenvalue weighted by atomic mass is 10.1. The Morgan fingerprint density at radius 3 is 2.50 bits per heavy atom. The zero-order valence-electron chi connectivity index (χ0n) is 16.3. The number of benzene rings is 2. The summed E-state index contributed by atoms with van der Waals surface area (Å²) in [7, 11) is 0. The first kappa shape index (κ1) is 19.6. The van der Waals surface area contributed by atoms with Crippen molar-refractivity contribution in [2.45, 2.75) is 45.8 Å². The SMILES string of the molecule is CCCC(=O)NCc1nc2ccccc2n1CC(=O)NC(C)c1ccccc1. The Labute approximate surface area is 165 Å². The third-order valence-corrected chi connectivity index (χ3v) is 4.63. The molecule has 0 fully saturated rings. The Balaban J connectivity index is 1.76. The largest absolute Gasteiger partial charge is 0.349 e. The molecule has 0 bridgehead atoms. The molecule has 6 heteroatoms. The van der Waals surface area contributed by atoms with Crippen LogP contribution in [0.4, 0.5) is 0 Å². The molecule has 2 amide bonds. The van der Waals surface area contributed by atoms with E-state index in [-0.39, 0.29) is 24.4 Å². The fourth-order valence-corrected chi connectivity index (χ4v) is 3.19. The van der Waals surface area contributed by atoms with Crippen LogP contribution in [0.3, 0.4) is 0 Å². The lowest BCUT2D eigenvalue weighted by Gasteiger charge is -2.16. The molecule has 3 rings (SSSR count). The van der Waals surface area contributed by atoms with Crippen LogP contribution >= 0.6 is 0 Å². The van der Waals surface area contributed by atoms with Crippen LogP contribution in [-0.2, 0) is 22.7 Å². The molecule has 28 heavy (non-hydrogen) atoms. The number of amides is 2. The minimum absolute atomic E-state index is 0.0109. The Morgan fingerprint density at radius 1 is 1.04 bits per heavy atom. The fourth-order valence-electron chi connectivity index (χ4n) is 3.19. The molecule has 2 N–H and O–H groups in total. The van der Waals surface area contributed by atoms with E-state index in [0.29, 0.717) is 18.8 Å². The predicted octanol–water partition coefficient (Wildman–Crippen LogP) is 3.33. The number of carbonyl (C=O) groups is 2. The maximum absolute atomic E-state index is 12.7. The van der Waals surface area contributed by atoms with Gasteiger partial charge in [0, 0.05) is 6.42 Å². The molecule has 146 valence electrons. The summed E-state index contributed by atoms with van der Waals surface area (Å²) in [4.78, 5) is 29.1. The summed E-state index contributed by atoms with van der Waals surface area (Å²) >= 11 is 0. The van der Waals surface area contributed by atoms with Crippen LogP contribution in [0, 0.1) is 0 Å². The van der Waals surface area contributed by atoms with Gasteiger partial charge in [-0.2, -0.15) is 0 Å². The average Bonchev–Trinajstić information content (AvgIpc) is 3.04. The van der Waals surface area contributed by atoms with E-state index in [0.717, 1.165) is 23.0 Å². The number of aromatic nitrogens is 2. The highest BCUT2D eigenvalue weighted by molar-refractivity contribution is 5.81. The van der Waals surface area contributed by atoms with Gasteiger partial charge in [-0.05, 0) is 31.0 Å². The number of hydrogen-bond donors (Lipinski definition) is 2. The number of nitrogens with one attached hydrogen (secondary N) is 2. The standard InChI is InChI=1S/C22H26N4O2/c1-3-9-21(27)23-14-20-25-18-12-7-8-13-19(18)26(20)15-22(28)24-16(2)17-10-5-4-6-11-17/h4-8,10-13,16H,3,9,14-15H2,1-2H3,(H,23,27)(H,24,28). The van der Waals surface area contributed by atoms with E-state index in [2.05, 4.69) is 15.6 Å². The number of hydrogen-bond acceptors (Lipinski definition) is 3. The van der Waals surface area contributed by atoms with Crippen molar-refractivity contribution in [3.63, 3.8) is 0 Å². The molecule has 1 unspecified atom stereocenters. The highest BCUT2D eigenvalue weighted by Gasteiger charge is 2.16. The first-order chi connectivity index (χ1) is 13.6. The smallest absolute Gasteiger partial charge is 0.240 e. The van der Waals surface area contributed by atoms with Crippen molar-refractivity contribution < 1.29 is 9.59 Å². The molecule has 0 saturated carbocycles. The van der Waals surface area contributed by atoms with E-state index in [1.54, 1.807) is 0 Å². The van der Waals surface area contributed by atoms with E-state index in [1.807, 2.05) is 73.0 Å². The van der Waals surface area contributed by atoms with E-state index in [9.17, 15) is 9.59 Å². The minimum atomic E-state index is -0.0966. The second-order valence-electron chi connectivity index (χ2n) is 6.83. The lowest BCUT2D eigenvalue weighted by molar-refractivity contribution is -0.122. The van der Waals surface area contributed by atoms with Gasteiger partial charge < -0.3 is 15.2 Å². The molecule has 0 aliphatic carbocycles. The lowest BCUT2D eigenvalue weighted by Crippen LogP contribution is -2.31. The van der Waals surface area contributed by atoms with Crippen LogP contribution in [0.25, 0.3) is 11.0 Å². The van der Waals surface area contributed by atoms with Gasteiger partial charge in [-0.3, -0.25) is 9.59 Å². The van der Waals surface area contributed by atoms with Gasteiger partial charge in [0.2, 0.25) is 11.8 Å². The van der Waals surface area contributed by atoms with Gasteiger partial charge in [0.05, 0.1) is 23.6 Å². The Bertz CT molecular complexity index is 950. The van der Waals surface area contributed by atoms with Crippen molar-refractivity contribution in [2.24, 2.45) is 0 Å². The number of imidazole rings is 1. The highest BCUT2D eigenvalue weighted by Crippen LogP contribution is 2.17. The van der Waals surface area contributed by atoms with Crippen molar-refractivity contribution in [3.05, 3.63) is 66.0 Å². The number of para-hydroxylation sites is 2. The predicted molar refractivity (Wildman–Crippen MR) is 109 cm³/mol. The number of nitrogens with zero attached hydrogens (tertiary/aromatic N) is 2. The van der Waals surface area contributed by atoms with Crippen LogP contribution in [0.5, 0.6) is 0 Å². The van der Waals surface area contributed by atoms with Gasteiger partial charge in [-0.1, -0.05) is 49.4 Å². The number of rotatable bonds is 8. The average molecular weight is 378 g/mol. The third-order valence-electron chi connectivity index (χ3n) is 4.63. The van der Waals surface area contributed by atoms with Crippen molar-refractivity contribution in [3.8, 4) is 0 Å². The van der Waals surface area contributed by atoms with Gasteiger partial charge in [0.15, 0.2) is 0 Å². The molecule has 0 spiro atoms. The van der Waals surface area contributed by atoms with Gasteiger partial charge in [-0.25, -0.2) is 4.98 Å². The summed E-state index contributed by atoms with van der Waals surface area (Å²) < 4.78 is 1.87. The maximum atomic E-state index is 12.7. The summed E-state index contributed by atoms with van der Waals surface area (Å²) in [6, 6.07) is 17.4. The molecule has 0 saturated heterocycles. The van der Waals surface area contributed by atoms with E-state index in [4.69, 9.17) is 0 Å². The summed E-state index contributed by atoms with van der Waals surface area (Å²) in [6.07, 6.45) is 1.28. The van der Waals surface area contributed by atoms with E-state index >= 15 is 0 Å². The van der Waals surface area contributed by atoms with Crippen LogP contribution in [0.1, 0.15) is 44.1 Å². The topological polar surface area (TPSA) is 76.0 Å². The van der Waals surface area contributed by atoms with Crippen LogP contribution in [0.15, 0.2) is 54.6 Å². The minimum Gasteiger partial charge on any atom is -0.349 e. The summed E-state index contributed by atoms with van der Waals surface area (Å²) in [5, 5.41) is 5.92. The Morgan fingerprint density at radius 2 is 1.75 bits per heavy atom. The molecule has 2 aromatic carbocycles. The van der Waals surface area contributed by atoms with Crippen LogP contribution < -0.4 is 10.6 Å². The van der Waals surface area contributed by atoms with Gasteiger partial charge in [0.25, 0.3) is 0 Å². The molecular weight excluding hydrogens is 352 g/mol. The van der Waals surface area contributed by atoms with Crippen molar-refractivity contribution in [2.75, 3.05) is 0 Å². The van der Waals surface area contributed by atoms with E-state index in [1.165, 1.54) is 0 Å². The molecular formula is C22H26N4O2. The first-order valence-electron chi connectivity index (χ1n) is 9.63. The monoisotopic (exact) mass is 378 g/mol. The van der Waals surface area contributed by atoms with Gasteiger partial charge in [0.1, 0.15) is 12.4 Å². The van der Waals surface area contributed by atoms with Crippen LogP contribution in [0.2, 0.25) is 0 Å². The third kappa shape index (κ3) is 4.76. The van der Waals surface area contributed by atoms with Gasteiger partial charge >= 0.3 is 0 Å². The summed E-state index contributed by atoms with van der Waals surface area (Å²) in [6.45, 7) is 4.38. The van der Waals surface area contributed by atoms with Crippen LogP contribution in [-0.4, -0.2) is 21.4 Å². The number of carbonyl (C=O) groups excluding carboxylic acids is 2. The van der Waals surface area contributed by atoms with Crippen molar-refractivity contribution in [1.29, 1.82) is 0 Å². The first-order valence-corrected chi connectivity index (χ1v) is 9.63. The molecule has 1 aromatic heterocycles. The number of fused-ring (bicyclic) bond motifs is 1. The zero-order valence-corrected chi connectivity index (χ0v) is 16.3. The quantitative estimate of drug-likeness (QED) is 0.631. The van der Waals surface area contributed by atoms with E-state index < -0.39 is 0 Å². The molecule has 0 radical (unpaired) electrons. The summed E-state index contributed by atoms with van der Waals surface area (Å²) in [5.74, 6) is 0.567. The molecule has 1 heterocycles. The van der Waals surface area contributed by atoms with Gasteiger partial charge in [-0.15, -0.1) is 0 Å². The highest BCUT2D eigenvalue weighted by atomic mass is 16.2. The maximum Gasteiger partial charge on any atom is 0.240 e. The molecule has 0 aliphatic heterocycles.